The number of nitrogens with zero attached hydrogens (tertiary/aromatic N) is 1. The summed E-state index contributed by atoms with van der Waals surface area (Å²) in [6.45, 7) is 0.799. The van der Waals surface area contributed by atoms with Gasteiger partial charge in [0.1, 0.15) is 0 Å². The summed E-state index contributed by atoms with van der Waals surface area (Å²) in [4.78, 5) is 25.9. The lowest BCUT2D eigenvalue weighted by Gasteiger charge is -2.40. The fourth-order valence-corrected chi connectivity index (χ4v) is 3.67. The molecule has 5 nitrogen and oxygen atoms in total. The number of aliphatic hydroxyl groups excluding tert-OH is 1. The number of hydrogen-bond acceptors (Lipinski definition) is 3. The molecule has 0 aromatic rings. The molecule has 0 aromatic carbocycles. The van der Waals surface area contributed by atoms with Crippen LogP contribution in [0.25, 0.3) is 0 Å². The third-order valence-corrected chi connectivity index (χ3v) is 4.77. The topological polar surface area (TPSA) is 77.8 Å². The molecule has 5 heteroatoms. The smallest absolute Gasteiger partial charge is 0.307 e. The van der Waals surface area contributed by atoms with Crippen LogP contribution in [-0.4, -0.2) is 46.2 Å². The molecular formula is C15H25NO4. The van der Waals surface area contributed by atoms with Crippen molar-refractivity contribution in [2.45, 2.75) is 57.4 Å². The Labute approximate surface area is 120 Å². The third-order valence-electron chi connectivity index (χ3n) is 4.77. The van der Waals surface area contributed by atoms with Gasteiger partial charge in [0.2, 0.25) is 5.91 Å². The van der Waals surface area contributed by atoms with Crippen LogP contribution in [0.3, 0.4) is 0 Å². The monoisotopic (exact) mass is 283 g/mol. The van der Waals surface area contributed by atoms with Crippen molar-refractivity contribution in [1.82, 2.24) is 4.90 Å². The molecule has 1 saturated heterocycles. The number of piperidine rings is 1. The van der Waals surface area contributed by atoms with Crippen molar-refractivity contribution in [2.24, 2.45) is 11.8 Å². The lowest BCUT2D eigenvalue weighted by molar-refractivity contribution is -0.154. The zero-order valence-corrected chi connectivity index (χ0v) is 12.0. The molecule has 1 aliphatic heterocycles. The van der Waals surface area contributed by atoms with E-state index in [1.165, 1.54) is 0 Å². The van der Waals surface area contributed by atoms with Crippen LogP contribution in [0, 0.1) is 11.8 Å². The summed E-state index contributed by atoms with van der Waals surface area (Å²) in [5.41, 5.74) is 0. The summed E-state index contributed by atoms with van der Waals surface area (Å²) in [6, 6.07) is 0.0950. The number of hydrogen-bond donors (Lipinski definition) is 2. The molecule has 1 heterocycles. The van der Waals surface area contributed by atoms with Crippen LogP contribution < -0.4 is 0 Å². The van der Waals surface area contributed by atoms with Crippen molar-refractivity contribution in [3.8, 4) is 0 Å². The second kappa shape index (κ2) is 7.07. The minimum Gasteiger partial charge on any atom is -0.481 e. The first-order valence-corrected chi connectivity index (χ1v) is 7.79. The zero-order valence-electron chi connectivity index (χ0n) is 12.0. The first kappa shape index (κ1) is 15.3. The Kier molecular flexibility index (Phi) is 5.40. The van der Waals surface area contributed by atoms with E-state index in [-0.39, 0.29) is 24.5 Å². The Morgan fingerprint density at radius 1 is 1.00 bits per heavy atom. The zero-order chi connectivity index (χ0) is 14.5. The van der Waals surface area contributed by atoms with E-state index >= 15 is 0 Å². The first-order valence-electron chi connectivity index (χ1n) is 7.79. The molecule has 0 aromatic heterocycles. The second-order valence-electron chi connectivity index (χ2n) is 6.03. The number of amides is 1. The van der Waals surface area contributed by atoms with Gasteiger partial charge >= 0.3 is 5.97 Å². The van der Waals surface area contributed by atoms with Crippen LogP contribution in [0.15, 0.2) is 0 Å². The molecule has 1 aliphatic carbocycles. The van der Waals surface area contributed by atoms with Gasteiger partial charge in [-0.15, -0.1) is 0 Å². The molecule has 1 saturated carbocycles. The van der Waals surface area contributed by atoms with Crippen LogP contribution in [0.4, 0.5) is 0 Å². The molecule has 2 fully saturated rings. The fourth-order valence-electron chi connectivity index (χ4n) is 3.67. The SMILES string of the molecule is O=C(O)[C@H]1CCCC[C@H]1C(=O)N1CCCCC1CCO. The van der Waals surface area contributed by atoms with Gasteiger partial charge in [-0.2, -0.15) is 0 Å². The highest BCUT2D eigenvalue weighted by atomic mass is 16.4. The van der Waals surface area contributed by atoms with Crippen molar-refractivity contribution >= 4 is 11.9 Å². The first-order chi connectivity index (χ1) is 9.65. The van der Waals surface area contributed by atoms with Crippen LogP contribution >= 0.6 is 0 Å². The highest BCUT2D eigenvalue weighted by Crippen LogP contribution is 2.33. The van der Waals surface area contributed by atoms with E-state index in [1.54, 1.807) is 0 Å². The van der Waals surface area contributed by atoms with Crippen LogP contribution in [0.2, 0.25) is 0 Å². The molecule has 1 unspecified atom stereocenters. The van der Waals surface area contributed by atoms with Crippen LogP contribution in [-0.2, 0) is 9.59 Å². The number of carbonyl (C=O) groups excluding carboxylic acids is 1. The average molecular weight is 283 g/mol. The predicted molar refractivity (Wildman–Crippen MR) is 74.1 cm³/mol. The van der Waals surface area contributed by atoms with Crippen molar-refractivity contribution in [3.63, 3.8) is 0 Å². The van der Waals surface area contributed by atoms with Gasteiger partial charge in [-0.05, 0) is 38.5 Å². The van der Waals surface area contributed by atoms with Crippen molar-refractivity contribution in [3.05, 3.63) is 0 Å². The predicted octanol–water partition coefficient (Wildman–Crippen LogP) is 1.64. The number of carboxylic acid groups (broad SMARTS) is 1. The Hall–Kier alpha value is -1.10. The van der Waals surface area contributed by atoms with Crippen molar-refractivity contribution in [2.75, 3.05) is 13.2 Å². The minimum atomic E-state index is -0.834. The number of aliphatic carboxylic acids is 1. The van der Waals surface area contributed by atoms with E-state index in [1.807, 2.05) is 4.90 Å². The molecule has 3 atom stereocenters. The average Bonchev–Trinajstić information content (AvgIpc) is 2.47. The van der Waals surface area contributed by atoms with Gasteiger partial charge in [0.05, 0.1) is 11.8 Å². The maximum absolute atomic E-state index is 12.7. The quantitative estimate of drug-likeness (QED) is 0.822. The summed E-state index contributed by atoms with van der Waals surface area (Å²) >= 11 is 0. The Morgan fingerprint density at radius 3 is 2.30 bits per heavy atom. The highest BCUT2D eigenvalue weighted by Gasteiger charge is 2.39. The van der Waals surface area contributed by atoms with Gasteiger partial charge in [0.25, 0.3) is 0 Å². The van der Waals surface area contributed by atoms with E-state index in [4.69, 9.17) is 5.11 Å². The van der Waals surface area contributed by atoms with Gasteiger partial charge in [-0.3, -0.25) is 9.59 Å². The molecule has 1 amide bonds. The minimum absolute atomic E-state index is 0.00949. The molecule has 20 heavy (non-hydrogen) atoms. The van der Waals surface area contributed by atoms with Gasteiger partial charge in [0.15, 0.2) is 0 Å². The third kappa shape index (κ3) is 3.32. The lowest BCUT2D eigenvalue weighted by Crippen LogP contribution is -2.49. The molecule has 0 bridgehead atoms. The van der Waals surface area contributed by atoms with E-state index in [2.05, 4.69) is 0 Å². The van der Waals surface area contributed by atoms with E-state index in [0.29, 0.717) is 25.8 Å². The number of carboxylic acids is 1. The summed E-state index contributed by atoms with van der Waals surface area (Å²) in [5, 5.41) is 18.5. The summed E-state index contributed by atoms with van der Waals surface area (Å²) in [6.07, 6.45) is 6.76. The Morgan fingerprint density at radius 2 is 1.65 bits per heavy atom. The van der Waals surface area contributed by atoms with Gasteiger partial charge < -0.3 is 15.1 Å². The number of carbonyl (C=O) groups is 2. The van der Waals surface area contributed by atoms with Gasteiger partial charge in [-0.25, -0.2) is 0 Å². The summed E-state index contributed by atoms with van der Waals surface area (Å²) in [5.74, 6) is -1.71. The van der Waals surface area contributed by atoms with Crippen molar-refractivity contribution in [1.29, 1.82) is 0 Å². The Bertz CT molecular complexity index is 356. The molecule has 2 aliphatic rings. The number of aliphatic hydroxyl groups is 1. The van der Waals surface area contributed by atoms with Crippen molar-refractivity contribution < 1.29 is 19.8 Å². The number of rotatable bonds is 4. The molecule has 114 valence electrons. The molecule has 2 N–H and O–H groups in total. The van der Waals surface area contributed by atoms with E-state index in [9.17, 15) is 14.7 Å². The largest absolute Gasteiger partial charge is 0.481 e. The normalized spacial score (nSPS) is 31.1. The maximum Gasteiger partial charge on any atom is 0.307 e. The number of likely N-dealkylation sites (tertiary alicyclic amines) is 1. The summed E-state index contributed by atoms with van der Waals surface area (Å²) < 4.78 is 0. The molecule has 2 rings (SSSR count). The second-order valence-corrected chi connectivity index (χ2v) is 6.03. The highest BCUT2D eigenvalue weighted by molar-refractivity contribution is 5.85. The molecular weight excluding hydrogens is 258 g/mol. The lowest BCUT2D eigenvalue weighted by atomic mass is 9.78. The van der Waals surface area contributed by atoms with Crippen LogP contribution in [0.1, 0.15) is 51.4 Å². The van der Waals surface area contributed by atoms with E-state index < -0.39 is 11.9 Å². The van der Waals surface area contributed by atoms with Gasteiger partial charge in [0, 0.05) is 19.2 Å². The molecule has 0 spiro atoms. The maximum atomic E-state index is 12.7. The standard InChI is InChI=1S/C15H25NO4/c17-10-8-11-5-3-4-9-16(11)14(18)12-6-1-2-7-13(12)15(19)20/h11-13,17H,1-10H2,(H,19,20)/t11?,12-,13+/m1/s1. The van der Waals surface area contributed by atoms with Crippen LogP contribution in [0.5, 0.6) is 0 Å². The van der Waals surface area contributed by atoms with Gasteiger partial charge in [-0.1, -0.05) is 12.8 Å². The summed E-state index contributed by atoms with van der Waals surface area (Å²) in [7, 11) is 0. The molecule has 0 radical (unpaired) electrons. The fraction of sp³-hybridized carbons (Fsp3) is 0.867. The van der Waals surface area contributed by atoms with E-state index in [0.717, 1.165) is 32.1 Å². The Balaban J connectivity index is 2.08.